The number of hydrogen-bond acceptors (Lipinski definition) is 4. The Morgan fingerprint density at radius 2 is 1.90 bits per heavy atom. The molecule has 0 fully saturated rings. The molecule has 1 atom stereocenters. The summed E-state index contributed by atoms with van der Waals surface area (Å²) in [5, 5.41) is 11.3. The van der Waals surface area contributed by atoms with Gasteiger partial charge in [0.25, 0.3) is 5.69 Å². The number of carbonyl (C=O) groups is 2. The standard InChI is InChI=1S/C22H19ClN2O4/c1-13-5-2-3-6-15(13)16-12-21(27)24(18-7-4-8-20(26)22(16)18)14-9-10-17(23)19(11-14)25(28)29/h2-3,5-6,9-11,16H,4,7-8,12H2,1H3. The second-order valence-electron chi connectivity index (χ2n) is 7.37. The van der Waals surface area contributed by atoms with E-state index in [4.69, 9.17) is 11.6 Å². The Bertz CT molecular complexity index is 1080. The van der Waals surface area contributed by atoms with Crippen LogP contribution in [-0.2, 0) is 9.59 Å². The van der Waals surface area contributed by atoms with Crippen molar-refractivity contribution in [2.75, 3.05) is 4.90 Å². The van der Waals surface area contributed by atoms with Crippen molar-refractivity contribution in [3.05, 3.63) is 80.0 Å². The number of carbonyl (C=O) groups excluding carboxylic acids is 2. The highest BCUT2D eigenvalue weighted by molar-refractivity contribution is 6.32. The smallest absolute Gasteiger partial charge is 0.289 e. The molecule has 0 N–H and O–H groups in total. The first-order valence-electron chi connectivity index (χ1n) is 9.47. The van der Waals surface area contributed by atoms with E-state index in [0.717, 1.165) is 11.1 Å². The zero-order chi connectivity index (χ0) is 20.7. The molecule has 1 heterocycles. The molecule has 4 rings (SSSR count). The lowest BCUT2D eigenvalue weighted by atomic mass is 9.76. The van der Waals surface area contributed by atoms with Gasteiger partial charge >= 0.3 is 0 Å². The van der Waals surface area contributed by atoms with Gasteiger partial charge in [-0.2, -0.15) is 0 Å². The molecule has 29 heavy (non-hydrogen) atoms. The third kappa shape index (κ3) is 3.34. The lowest BCUT2D eigenvalue weighted by Crippen LogP contribution is -2.40. The summed E-state index contributed by atoms with van der Waals surface area (Å²) >= 11 is 5.94. The number of anilines is 1. The highest BCUT2D eigenvalue weighted by atomic mass is 35.5. The van der Waals surface area contributed by atoms with Crippen LogP contribution in [-0.4, -0.2) is 16.6 Å². The third-order valence-corrected chi connectivity index (χ3v) is 5.94. The molecule has 1 aliphatic carbocycles. The number of nitrogens with zero attached hydrogens (tertiary/aromatic N) is 2. The van der Waals surface area contributed by atoms with Gasteiger partial charge in [0, 0.05) is 36.1 Å². The summed E-state index contributed by atoms with van der Waals surface area (Å²) in [5.41, 5.74) is 3.43. The summed E-state index contributed by atoms with van der Waals surface area (Å²) < 4.78 is 0. The first kappa shape index (κ1) is 19.3. The van der Waals surface area contributed by atoms with E-state index in [2.05, 4.69) is 0 Å². The van der Waals surface area contributed by atoms with E-state index < -0.39 is 4.92 Å². The number of Topliss-reactive ketones (excluding diaryl/α,β-unsaturated/α-hetero) is 1. The van der Waals surface area contributed by atoms with E-state index in [1.54, 1.807) is 6.07 Å². The minimum Gasteiger partial charge on any atom is -0.294 e. The van der Waals surface area contributed by atoms with E-state index in [-0.39, 0.29) is 34.7 Å². The minimum atomic E-state index is -0.572. The van der Waals surface area contributed by atoms with Crippen molar-refractivity contribution in [3.8, 4) is 0 Å². The Kier molecular flexibility index (Phi) is 4.96. The summed E-state index contributed by atoms with van der Waals surface area (Å²) in [7, 11) is 0. The van der Waals surface area contributed by atoms with Crippen LogP contribution in [0, 0.1) is 17.0 Å². The number of allylic oxidation sites excluding steroid dienone is 2. The number of ketones is 1. The van der Waals surface area contributed by atoms with Crippen LogP contribution in [0.25, 0.3) is 0 Å². The number of amides is 1. The Balaban J connectivity index is 1.88. The highest BCUT2D eigenvalue weighted by Gasteiger charge is 2.40. The van der Waals surface area contributed by atoms with E-state index in [9.17, 15) is 19.7 Å². The van der Waals surface area contributed by atoms with Gasteiger partial charge in [0.2, 0.25) is 5.91 Å². The second-order valence-corrected chi connectivity index (χ2v) is 7.78. The Morgan fingerprint density at radius 3 is 2.62 bits per heavy atom. The van der Waals surface area contributed by atoms with Crippen molar-refractivity contribution >= 4 is 34.7 Å². The number of nitro benzene ring substituents is 1. The van der Waals surface area contributed by atoms with Crippen molar-refractivity contribution in [3.63, 3.8) is 0 Å². The van der Waals surface area contributed by atoms with Gasteiger partial charge in [-0.1, -0.05) is 35.9 Å². The van der Waals surface area contributed by atoms with Crippen LogP contribution in [0.1, 0.15) is 42.7 Å². The van der Waals surface area contributed by atoms with Gasteiger partial charge in [-0.3, -0.25) is 24.6 Å². The van der Waals surface area contributed by atoms with Crippen LogP contribution >= 0.6 is 11.6 Å². The fourth-order valence-corrected chi connectivity index (χ4v) is 4.50. The van der Waals surface area contributed by atoms with Crippen LogP contribution in [0.4, 0.5) is 11.4 Å². The van der Waals surface area contributed by atoms with E-state index in [1.807, 2.05) is 31.2 Å². The molecule has 1 aliphatic heterocycles. The van der Waals surface area contributed by atoms with Gasteiger partial charge in [0.1, 0.15) is 5.02 Å². The average molecular weight is 411 g/mol. The van der Waals surface area contributed by atoms with Crippen molar-refractivity contribution in [2.45, 2.75) is 38.5 Å². The van der Waals surface area contributed by atoms with Crippen LogP contribution in [0.3, 0.4) is 0 Å². The SMILES string of the molecule is Cc1ccccc1C1CC(=O)N(c2ccc(Cl)c([N+](=O)[O-])c2)C2=C1C(=O)CCC2. The molecule has 1 unspecified atom stereocenters. The Morgan fingerprint density at radius 1 is 1.14 bits per heavy atom. The first-order valence-corrected chi connectivity index (χ1v) is 9.85. The lowest BCUT2D eigenvalue weighted by molar-refractivity contribution is -0.384. The predicted octanol–water partition coefficient (Wildman–Crippen LogP) is 5.08. The molecule has 0 saturated carbocycles. The molecule has 0 saturated heterocycles. The molecule has 6 nitrogen and oxygen atoms in total. The van der Waals surface area contributed by atoms with Crippen molar-refractivity contribution in [1.82, 2.24) is 0 Å². The maximum Gasteiger partial charge on any atom is 0.289 e. The quantitative estimate of drug-likeness (QED) is 0.521. The largest absolute Gasteiger partial charge is 0.294 e. The number of aryl methyl sites for hydroxylation is 1. The summed E-state index contributed by atoms with van der Waals surface area (Å²) in [6, 6.07) is 12.1. The average Bonchev–Trinajstić information content (AvgIpc) is 2.68. The van der Waals surface area contributed by atoms with Crippen molar-refractivity contribution in [2.24, 2.45) is 0 Å². The molecule has 148 valence electrons. The molecule has 0 spiro atoms. The fraction of sp³-hybridized carbons (Fsp3) is 0.273. The fourth-order valence-electron chi connectivity index (χ4n) is 4.32. The zero-order valence-corrected chi connectivity index (χ0v) is 16.6. The molecule has 2 aliphatic rings. The summed E-state index contributed by atoms with van der Waals surface area (Å²) in [6.07, 6.45) is 1.82. The second kappa shape index (κ2) is 7.44. The first-order chi connectivity index (χ1) is 13.9. The predicted molar refractivity (Wildman–Crippen MR) is 110 cm³/mol. The summed E-state index contributed by atoms with van der Waals surface area (Å²) in [6.45, 7) is 1.97. The summed E-state index contributed by atoms with van der Waals surface area (Å²) in [4.78, 5) is 38.3. The number of nitro groups is 1. The molecule has 7 heteroatoms. The molecular weight excluding hydrogens is 392 g/mol. The highest BCUT2D eigenvalue weighted by Crippen LogP contribution is 2.44. The van der Waals surface area contributed by atoms with Crippen LogP contribution in [0.2, 0.25) is 5.02 Å². The molecular formula is C22H19ClN2O4. The maximum absolute atomic E-state index is 13.2. The molecule has 2 aromatic rings. The Labute approximate surface area is 172 Å². The molecule has 0 bridgehead atoms. The topological polar surface area (TPSA) is 80.5 Å². The number of hydrogen-bond donors (Lipinski definition) is 0. The van der Waals surface area contributed by atoms with Crippen molar-refractivity contribution < 1.29 is 14.5 Å². The molecule has 0 aromatic heterocycles. The van der Waals surface area contributed by atoms with Gasteiger partial charge in [0.05, 0.1) is 10.6 Å². The van der Waals surface area contributed by atoms with E-state index in [0.29, 0.717) is 36.2 Å². The van der Waals surface area contributed by atoms with Crippen LogP contribution in [0.5, 0.6) is 0 Å². The van der Waals surface area contributed by atoms with Crippen molar-refractivity contribution in [1.29, 1.82) is 0 Å². The Hall–Kier alpha value is -2.99. The van der Waals surface area contributed by atoms with Gasteiger partial charge in [0.15, 0.2) is 5.78 Å². The minimum absolute atomic E-state index is 0.00918. The lowest BCUT2D eigenvalue weighted by Gasteiger charge is -2.38. The molecule has 2 aromatic carbocycles. The van der Waals surface area contributed by atoms with Gasteiger partial charge < -0.3 is 0 Å². The van der Waals surface area contributed by atoms with Gasteiger partial charge in [-0.05, 0) is 43.0 Å². The van der Waals surface area contributed by atoms with Gasteiger partial charge in [-0.25, -0.2) is 0 Å². The van der Waals surface area contributed by atoms with E-state index >= 15 is 0 Å². The summed E-state index contributed by atoms with van der Waals surface area (Å²) in [5.74, 6) is -0.422. The van der Waals surface area contributed by atoms with E-state index in [1.165, 1.54) is 17.0 Å². The molecule has 1 amide bonds. The third-order valence-electron chi connectivity index (χ3n) is 5.62. The number of rotatable bonds is 3. The number of benzene rings is 2. The van der Waals surface area contributed by atoms with Gasteiger partial charge in [-0.15, -0.1) is 0 Å². The normalized spacial score (nSPS) is 19.4. The van der Waals surface area contributed by atoms with Crippen LogP contribution < -0.4 is 4.90 Å². The van der Waals surface area contributed by atoms with Crippen LogP contribution in [0.15, 0.2) is 53.7 Å². The number of halogens is 1. The molecule has 0 radical (unpaired) electrons. The monoisotopic (exact) mass is 410 g/mol. The maximum atomic E-state index is 13.2. The zero-order valence-electron chi connectivity index (χ0n) is 15.9.